The Kier molecular flexibility index (Phi) is 4.56. The second kappa shape index (κ2) is 7.03. The number of carbonyl (C=O) groups is 1. The summed E-state index contributed by atoms with van der Waals surface area (Å²) in [5.41, 5.74) is 1.55. The van der Waals surface area contributed by atoms with Crippen molar-refractivity contribution in [2.45, 2.75) is 24.6 Å². The van der Waals surface area contributed by atoms with E-state index in [9.17, 15) is 19.4 Å². The highest BCUT2D eigenvalue weighted by Crippen LogP contribution is 2.34. The number of anilines is 1. The van der Waals surface area contributed by atoms with E-state index in [2.05, 4.69) is 15.3 Å². The van der Waals surface area contributed by atoms with Crippen LogP contribution in [-0.2, 0) is 4.74 Å². The fourth-order valence-electron chi connectivity index (χ4n) is 3.08. The lowest BCUT2D eigenvalue weighted by Gasteiger charge is -2.15. The first-order valence-electron chi connectivity index (χ1n) is 8.36. The number of rotatable bonds is 4. The zero-order valence-electron chi connectivity index (χ0n) is 14.1. The fraction of sp³-hybridized carbons (Fsp3) is 0.278. The van der Waals surface area contributed by atoms with Gasteiger partial charge in [0.1, 0.15) is 17.7 Å². The largest absolute Gasteiger partial charge is 0.394 e. The standard InChI is InChI=1S/C18H17FN4O4/c19-13-15(25)12(8-24)27-18(13)23-9-21-14-11(6-7-20-16(14)23)22-17(26)10-4-2-1-3-5-10/h1-7,9,12-13,15,18,24-25H,8H2,(H,20,22,26). The van der Waals surface area contributed by atoms with Crippen LogP contribution in [-0.4, -0.2) is 55.6 Å². The number of amides is 1. The molecule has 4 rings (SSSR count). The van der Waals surface area contributed by atoms with Crippen molar-refractivity contribution in [2.24, 2.45) is 0 Å². The lowest BCUT2D eigenvalue weighted by Crippen LogP contribution is -2.30. The molecule has 0 bridgehead atoms. The van der Waals surface area contributed by atoms with Gasteiger partial charge in [0.15, 0.2) is 18.0 Å². The van der Waals surface area contributed by atoms with Gasteiger partial charge in [-0.25, -0.2) is 14.4 Å². The molecule has 2 aromatic heterocycles. The Morgan fingerprint density at radius 1 is 1.26 bits per heavy atom. The smallest absolute Gasteiger partial charge is 0.255 e. The Morgan fingerprint density at radius 3 is 2.74 bits per heavy atom. The molecule has 1 saturated heterocycles. The van der Waals surface area contributed by atoms with Crippen LogP contribution in [0.1, 0.15) is 16.6 Å². The van der Waals surface area contributed by atoms with Crippen LogP contribution in [0.5, 0.6) is 0 Å². The maximum atomic E-state index is 14.4. The van der Waals surface area contributed by atoms with E-state index in [1.165, 1.54) is 17.1 Å². The van der Waals surface area contributed by atoms with Crippen molar-refractivity contribution in [3.05, 3.63) is 54.5 Å². The molecule has 1 aliphatic heterocycles. The Morgan fingerprint density at radius 2 is 2.04 bits per heavy atom. The number of aromatic nitrogens is 3. The first-order valence-corrected chi connectivity index (χ1v) is 8.36. The molecule has 0 aliphatic carbocycles. The van der Waals surface area contributed by atoms with Gasteiger partial charge in [0.05, 0.1) is 18.6 Å². The van der Waals surface area contributed by atoms with Crippen molar-refractivity contribution < 1.29 is 24.1 Å². The summed E-state index contributed by atoms with van der Waals surface area (Å²) in [7, 11) is 0. The van der Waals surface area contributed by atoms with Crippen LogP contribution in [0.25, 0.3) is 11.2 Å². The molecule has 1 amide bonds. The molecule has 140 valence electrons. The van der Waals surface area contributed by atoms with E-state index < -0.39 is 31.2 Å². The molecule has 4 atom stereocenters. The fourth-order valence-corrected chi connectivity index (χ4v) is 3.08. The summed E-state index contributed by atoms with van der Waals surface area (Å²) in [6, 6.07) is 10.3. The van der Waals surface area contributed by atoms with Crippen LogP contribution < -0.4 is 5.32 Å². The number of nitrogens with zero attached hydrogens (tertiary/aromatic N) is 3. The molecule has 3 N–H and O–H groups in total. The lowest BCUT2D eigenvalue weighted by molar-refractivity contribution is -0.0459. The van der Waals surface area contributed by atoms with Gasteiger partial charge in [-0.2, -0.15) is 0 Å². The van der Waals surface area contributed by atoms with Crippen molar-refractivity contribution in [3.8, 4) is 0 Å². The van der Waals surface area contributed by atoms with Gasteiger partial charge in [0, 0.05) is 11.8 Å². The molecule has 0 saturated carbocycles. The predicted octanol–water partition coefficient (Wildman–Crippen LogP) is 1.27. The van der Waals surface area contributed by atoms with E-state index in [0.29, 0.717) is 22.4 Å². The molecule has 0 radical (unpaired) electrons. The van der Waals surface area contributed by atoms with Crippen molar-refractivity contribution in [1.29, 1.82) is 0 Å². The maximum absolute atomic E-state index is 14.4. The minimum absolute atomic E-state index is 0.291. The van der Waals surface area contributed by atoms with E-state index in [1.54, 1.807) is 30.3 Å². The zero-order valence-corrected chi connectivity index (χ0v) is 14.1. The van der Waals surface area contributed by atoms with Crippen LogP contribution in [0.4, 0.5) is 10.1 Å². The number of aliphatic hydroxyl groups is 2. The molecule has 9 heteroatoms. The number of aliphatic hydroxyl groups excluding tert-OH is 2. The maximum Gasteiger partial charge on any atom is 0.255 e. The third-order valence-electron chi connectivity index (χ3n) is 4.49. The highest BCUT2D eigenvalue weighted by molar-refractivity contribution is 6.07. The number of halogens is 1. The first-order chi connectivity index (χ1) is 13.1. The SMILES string of the molecule is O=C(Nc1ccnc2c1ncn2C1OC(CO)C(O)C1F)c1ccccc1. The van der Waals surface area contributed by atoms with Crippen molar-refractivity contribution >= 4 is 22.8 Å². The third kappa shape index (κ3) is 3.05. The van der Waals surface area contributed by atoms with E-state index in [4.69, 9.17) is 4.74 Å². The second-order valence-electron chi connectivity index (χ2n) is 6.19. The minimum Gasteiger partial charge on any atom is -0.394 e. The van der Waals surface area contributed by atoms with Crippen LogP contribution >= 0.6 is 0 Å². The molecule has 1 aliphatic rings. The average molecular weight is 372 g/mol. The Bertz CT molecular complexity index is 964. The van der Waals surface area contributed by atoms with Crippen LogP contribution in [0.2, 0.25) is 0 Å². The molecule has 1 fully saturated rings. The highest BCUT2D eigenvalue weighted by Gasteiger charge is 2.45. The number of hydrogen-bond acceptors (Lipinski definition) is 6. The van der Waals surface area contributed by atoms with Gasteiger partial charge in [-0.3, -0.25) is 9.36 Å². The number of ether oxygens (including phenoxy) is 1. The van der Waals surface area contributed by atoms with Gasteiger partial charge in [-0.05, 0) is 18.2 Å². The highest BCUT2D eigenvalue weighted by atomic mass is 19.1. The van der Waals surface area contributed by atoms with Crippen molar-refractivity contribution in [2.75, 3.05) is 11.9 Å². The molecule has 3 aromatic rings. The lowest BCUT2D eigenvalue weighted by atomic mass is 10.1. The van der Waals surface area contributed by atoms with E-state index in [1.807, 2.05) is 6.07 Å². The number of pyridine rings is 1. The molecular weight excluding hydrogens is 355 g/mol. The normalized spacial score (nSPS) is 25.0. The number of benzene rings is 1. The third-order valence-corrected chi connectivity index (χ3v) is 4.49. The molecule has 1 aromatic carbocycles. The van der Waals surface area contributed by atoms with Crippen molar-refractivity contribution in [1.82, 2.24) is 14.5 Å². The van der Waals surface area contributed by atoms with E-state index in [-0.39, 0.29) is 5.91 Å². The van der Waals surface area contributed by atoms with E-state index in [0.717, 1.165) is 0 Å². The van der Waals surface area contributed by atoms with Gasteiger partial charge >= 0.3 is 0 Å². The Labute approximate surface area is 153 Å². The topological polar surface area (TPSA) is 110 Å². The molecule has 27 heavy (non-hydrogen) atoms. The van der Waals surface area contributed by atoms with Gasteiger partial charge in [-0.15, -0.1) is 0 Å². The summed E-state index contributed by atoms with van der Waals surface area (Å²) in [5.74, 6) is -0.311. The van der Waals surface area contributed by atoms with Crippen LogP contribution in [0, 0.1) is 0 Å². The number of hydrogen-bond donors (Lipinski definition) is 3. The van der Waals surface area contributed by atoms with Crippen LogP contribution in [0.15, 0.2) is 48.9 Å². The molecule has 8 nitrogen and oxygen atoms in total. The summed E-state index contributed by atoms with van der Waals surface area (Å²) < 4.78 is 21.2. The number of nitrogens with one attached hydrogen (secondary N) is 1. The van der Waals surface area contributed by atoms with Gasteiger partial charge in [0.25, 0.3) is 5.91 Å². The summed E-state index contributed by atoms with van der Waals surface area (Å²) in [5, 5.41) is 21.8. The average Bonchev–Trinajstić information content (AvgIpc) is 3.25. The van der Waals surface area contributed by atoms with Gasteiger partial charge in [-0.1, -0.05) is 18.2 Å². The second-order valence-corrected chi connectivity index (χ2v) is 6.19. The first kappa shape index (κ1) is 17.5. The summed E-state index contributed by atoms with van der Waals surface area (Å²) in [4.78, 5) is 20.8. The molecule has 0 spiro atoms. The number of imidazole rings is 1. The van der Waals surface area contributed by atoms with Crippen molar-refractivity contribution in [3.63, 3.8) is 0 Å². The molecule has 3 heterocycles. The quantitative estimate of drug-likeness (QED) is 0.636. The number of carbonyl (C=O) groups excluding carboxylic acids is 1. The number of fused-ring (bicyclic) bond motifs is 1. The zero-order chi connectivity index (χ0) is 19.0. The van der Waals surface area contributed by atoms with Crippen LogP contribution in [0.3, 0.4) is 0 Å². The minimum atomic E-state index is -1.75. The Hall–Kier alpha value is -2.88. The van der Waals surface area contributed by atoms with Gasteiger partial charge < -0.3 is 20.3 Å². The summed E-state index contributed by atoms with van der Waals surface area (Å²) in [6.07, 6.45) is -2.59. The Balaban J connectivity index is 1.65. The molecular formula is C18H17FN4O4. The number of alkyl halides is 1. The predicted molar refractivity (Wildman–Crippen MR) is 93.8 cm³/mol. The van der Waals surface area contributed by atoms with E-state index >= 15 is 0 Å². The van der Waals surface area contributed by atoms with Gasteiger partial charge in [0.2, 0.25) is 0 Å². The summed E-state index contributed by atoms with van der Waals surface area (Å²) >= 11 is 0. The molecule has 4 unspecified atom stereocenters. The monoisotopic (exact) mass is 372 g/mol. The summed E-state index contributed by atoms with van der Waals surface area (Å²) in [6.45, 7) is -0.503.